The molecular formula is C45H80N2O14. The summed E-state index contributed by atoms with van der Waals surface area (Å²) in [6.45, 7) is 19.0. The van der Waals surface area contributed by atoms with Crippen LogP contribution in [0.1, 0.15) is 101 Å². The zero-order valence-corrected chi connectivity index (χ0v) is 39.2. The van der Waals surface area contributed by atoms with Crippen molar-refractivity contribution in [2.75, 3.05) is 54.6 Å². The highest BCUT2D eigenvalue weighted by Crippen LogP contribution is 2.52. The van der Waals surface area contributed by atoms with Gasteiger partial charge in [-0.05, 0) is 80.8 Å². The summed E-state index contributed by atoms with van der Waals surface area (Å²) in [5, 5.41) is 44.2. The predicted octanol–water partition coefficient (Wildman–Crippen LogP) is 2.53. The number of rotatable bonds is 12. The Balaban J connectivity index is 1.54. The van der Waals surface area contributed by atoms with E-state index in [2.05, 4.69) is 9.80 Å². The molecule has 5 aliphatic rings. The summed E-state index contributed by atoms with van der Waals surface area (Å²) in [5.74, 6) is -4.87. The highest BCUT2D eigenvalue weighted by Gasteiger charge is 2.70. The molecule has 5 rings (SSSR count). The summed E-state index contributed by atoms with van der Waals surface area (Å²) < 4.78 is 52.0. The Labute approximate surface area is 364 Å². The van der Waals surface area contributed by atoms with Crippen molar-refractivity contribution in [2.24, 2.45) is 29.6 Å². The largest absolute Gasteiger partial charge is 0.458 e. The van der Waals surface area contributed by atoms with Gasteiger partial charge in [0, 0.05) is 76.6 Å². The second kappa shape index (κ2) is 20.4. The third-order valence-electron chi connectivity index (χ3n) is 15.1. The number of piperidine rings is 1. The normalized spacial score (nSPS) is 47.4. The van der Waals surface area contributed by atoms with Crippen molar-refractivity contribution in [3.8, 4) is 0 Å². The Bertz CT molecular complexity index is 1450. The van der Waals surface area contributed by atoms with Gasteiger partial charge in [-0.2, -0.15) is 0 Å². The molecule has 0 radical (unpaired) electrons. The van der Waals surface area contributed by atoms with E-state index in [1.54, 1.807) is 48.7 Å². The van der Waals surface area contributed by atoms with Crippen LogP contribution in [-0.4, -0.2) is 187 Å². The molecule has 5 fully saturated rings. The summed E-state index contributed by atoms with van der Waals surface area (Å²) in [6.07, 6.45) is -5.58. The van der Waals surface area contributed by atoms with Crippen molar-refractivity contribution in [3.63, 3.8) is 0 Å². The van der Waals surface area contributed by atoms with Crippen molar-refractivity contribution < 1.29 is 67.9 Å². The zero-order chi connectivity index (χ0) is 45.4. The number of hydrogen-bond acceptors (Lipinski definition) is 16. The first-order valence-corrected chi connectivity index (χ1v) is 22.8. The number of nitrogens with zero attached hydrogens (tertiary/aromatic N) is 2. The fourth-order valence-corrected chi connectivity index (χ4v) is 10.6. The van der Waals surface area contributed by atoms with E-state index in [-0.39, 0.29) is 36.9 Å². The van der Waals surface area contributed by atoms with E-state index in [1.165, 1.54) is 7.11 Å². The standard InChI is InChI=1S/C45H80N2O14/c1-24-22-44(9,55-13)39(61-42-36(32(46(10)11)21-25(2)57-42)56-20-14-17-47-18-15-31(48)16-19-47)27(4)35(59-33-23-43(8,54-12)38(51)30(7)58-33)28(5)41(52)60-40-29(6)45(40,53)37(50)26(3)34(24)49/h24-33,35-40,42,48,50-51,53H,14-23H2,1-13H3/t24-,25-,26+,27+,28-,29?,30+,32+,33+,35+,36-,37-,38+,39-,40-,42+,43-,44+,45+/m1/s1. The number of Topliss-reactive ketones (excluding diaryl/α,β-unsaturated/α-hetero) is 1. The van der Waals surface area contributed by atoms with Crippen LogP contribution >= 0.6 is 0 Å². The second-order valence-electron chi connectivity index (χ2n) is 19.9. The average molecular weight is 873 g/mol. The molecule has 61 heavy (non-hydrogen) atoms. The van der Waals surface area contributed by atoms with Gasteiger partial charge in [0.05, 0.1) is 53.7 Å². The molecule has 4 aliphatic heterocycles. The van der Waals surface area contributed by atoms with Gasteiger partial charge in [-0.3, -0.25) is 9.59 Å². The molecule has 0 bridgehead atoms. The molecule has 4 heterocycles. The van der Waals surface area contributed by atoms with Gasteiger partial charge in [0.2, 0.25) is 0 Å². The number of carbonyl (C=O) groups is 2. The van der Waals surface area contributed by atoms with Crippen molar-refractivity contribution in [1.29, 1.82) is 0 Å². The average Bonchev–Trinajstić information content (AvgIpc) is 3.75. The third kappa shape index (κ3) is 10.8. The smallest absolute Gasteiger partial charge is 0.311 e. The van der Waals surface area contributed by atoms with Crippen molar-refractivity contribution in [3.05, 3.63) is 0 Å². The molecule has 1 unspecified atom stereocenters. The van der Waals surface area contributed by atoms with Crippen molar-refractivity contribution in [1.82, 2.24) is 9.80 Å². The SMILES string of the molecule is CO[C@]1(C)C[C@H](O[C@H]2[C@H](C)[C@@H](O[C@@H]3O[C@H](C)C[C@H](N(C)C)[C@H]3OCCCN3CCC(O)CC3)[C@@](C)(OC)C[C@@H](C)C(=O)[C@H](C)[C@@H](O)[C@@]3(O)C(C)[C@H]3OC(=O)[C@@H]2C)O[C@@H](C)[C@@H]1O. The number of carbonyl (C=O) groups excluding carboxylic acids is 2. The second-order valence-corrected chi connectivity index (χ2v) is 19.9. The molecule has 16 heteroatoms. The molecule has 4 N–H and O–H groups in total. The van der Waals surface area contributed by atoms with Gasteiger partial charge in [-0.15, -0.1) is 0 Å². The fourth-order valence-electron chi connectivity index (χ4n) is 10.6. The van der Waals surface area contributed by atoms with Gasteiger partial charge in [-0.25, -0.2) is 0 Å². The lowest BCUT2D eigenvalue weighted by molar-refractivity contribution is -0.322. The Morgan fingerprint density at radius 3 is 2.08 bits per heavy atom. The molecular weight excluding hydrogens is 792 g/mol. The quantitative estimate of drug-likeness (QED) is 0.165. The van der Waals surface area contributed by atoms with E-state index in [0.717, 1.165) is 38.9 Å². The number of likely N-dealkylation sites (tertiary alicyclic amines) is 1. The Hall–Kier alpha value is -1.38. The fraction of sp³-hybridized carbons (Fsp3) is 0.956. The lowest BCUT2D eigenvalue weighted by Gasteiger charge is -2.50. The highest BCUT2D eigenvalue weighted by atomic mass is 16.7. The molecule has 0 aromatic carbocycles. The minimum Gasteiger partial charge on any atom is -0.458 e. The lowest BCUT2D eigenvalue weighted by atomic mass is 9.75. The zero-order valence-electron chi connectivity index (χ0n) is 39.2. The number of fused-ring (bicyclic) bond motifs is 1. The Morgan fingerprint density at radius 1 is 0.836 bits per heavy atom. The number of aliphatic hydroxyl groups excluding tert-OH is 3. The molecule has 354 valence electrons. The lowest BCUT2D eigenvalue weighted by Crippen LogP contribution is -2.61. The summed E-state index contributed by atoms with van der Waals surface area (Å²) in [5.41, 5.74) is -4.06. The minimum atomic E-state index is -1.81. The van der Waals surface area contributed by atoms with Crippen LogP contribution in [0.3, 0.4) is 0 Å². The van der Waals surface area contributed by atoms with Crippen LogP contribution in [0.25, 0.3) is 0 Å². The van der Waals surface area contributed by atoms with E-state index in [0.29, 0.717) is 13.0 Å². The Morgan fingerprint density at radius 2 is 1.48 bits per heavy atom. The van der Waals surface area contributed by atoms with Crippen LogP contribution in [-0.2, 0) is 47.5 Å². The van der Waals surface area contributed by atoms with Crippen LogP contribution in [0.5, 0.6) is 0 Å². The van der Waals surface area contributed by atoms with Gasteiger partial charge >= 0.3 is 5.97 Å². The first-order chi connectivity index (χ1) is 28.5. The molecule has 0 aromatic heterocycles. The van der Waals surface area contributed by atoms with E-state index >= 15 is 0 Å². The van der Waals surface area contributed by atoms with Gasteiger partial charge in [0.1, 0.15) is 29.7 Å². The van der Waals surface area contributed by atoms with E-state index in [4.69, 9.17) is 37.9 Å². The number of methoxy groups -OCH3 is 2. The third-order valence-corrected chi connectivity index (χ3v) is 15.1. The molecule has 0 aromatic rings. The predicted molar refractivity (Wildman–Crippen MR) is 224 cm³/mol. The maximum atomic E-state index is 14.3. The van der Waals surface area contributed by atoms with Gasteiger partial charge < -0.3 is 68.1 Å². The van der Waals surface area contributed by atoms with Crippen LogP contribution in [0, 0.1) is 29.6 Å². The number of ether oxygens (including phenoxy) is 8. The first-order valence-electron chi connectivity index (χ1n) is 22.8. The first kappa shape index (κ1) is 50.6. The molecule has 1 aliphatic carbocycles. The molecule has 0 spiro atoms. The number of hydrogen-bond donors (Lipinski definition) is 4. The minimum absolute atomic E-state index is 0.0835. The highest BCUT2D eigenvalue weighted by molar-refractivity contribution is 5.84. The maximum Gasteiger partial charge on any atom is 0.311 e. The summed E-state index contributed by atoms with van der Waals surface area (Å²) in [6, 6.07) is -0.0835. The molecule has 16 nitrogen and oxygen atoms in total. The number of ketones is 1. The van der Waals surface area contributed by atoms with Crippen LogP contribution in [0.15, 0.2) is 0 Å². The van der Waals surface area contributed by atoms with Gasteiger partial charge in [0.15, 0.2) is 12.6 Å². The van der Waals surface area contributed by atoms with E-state index in [9.17, 15) is 30.0 Å². The summed E-state index contributed by atoms with van der Waals surface area (Å²) >= 11 is 0. The van der Waals surface area contributed by atoms with E-state index in [1.807, 2.05) is 34.9 Å². The summed E-state index contributed by atoms with van der Waals surface area (Å²) in [4.78, 5) is 33.0. The maximum absolute atomic E-state index is 14.3. The molecule has 19 atom stereocenters. The topological polar surface area (TPSA) is 195 Å². The molecule has 4 saturated heterocycles. The van der Waals surface area contributed by atoms with E-state index < -0.39 is 108 Å². The molecule has 0 amide bonds. The van der Waals surface area contributed by atoms with Gasteiger partial charge in [0.25, 0.3) is 0 Å². The summed E-state index contributed by atoms with van der Waals surface area (Å²) in [7, 11) is 7.11. The van der Waals surface area contributed by atoms with Crippen LogP contribution in [0.4, 0.5) is 0 Å². The monoisotopic (exact) mass is 873 g/mol. The van der Waals surface area contributed by atoms with Crippen molar-refractivity contribution in [2.45, 2.75) is 191 Å². The van der Waals surface area contributed by atoms with Crippen LogP contribution in [0.2, 0.25) is 0 Å². The van der Waals surface area contributed by atoms with Gasteiger partial charge in [-0.1, -0.05) is 27.7 Å². The number of esters is 1. The van der Waals surface area contributed by atoms with Crippen LogP contribution < -0.4 is 0 Å². The molecule has 1 saturated carbocycles. The number of aliphatic hydroxyl groups is 4. The van der Waals surface area contributed by atoms with Crippen molar-refractivity contribution >= 4 is 11.8 Å². The number of likely N-dealkylation sites (N-methyl/N-ethyl adjacent to an activating group) is 1. The Kier molecular flexibility index (Phi) is 16.9.